The fourth-order valence-corrected chi connectivity index (χ4v) is 4.63. The van der Waals surface area contributed by atoms with E-state index in [0.29, 0.717) is 5.75 Å². The summed E-state index contributed by atoms with van der Waals surface area (Å²) in [4.78, 5) is 37.4. The first-order valence-electron chi connectivity index (χ1n) is 6.37. The summed E-state index contributed by atoms with van der Waals surface area (Å²) in [6, 6.07) is 3.00. The molecule has 0 radical (unpaired) electrons. The molecule has 6 nitrogen and oxygen atoms in total. The molecule has 0 saturated carbocycles. The van der Waals surface area contributed by atoms with Crippen molar-refractivity contribution in [1.82, 2.24) is 10.2 Å². The number of β-lactam (4-membered cyclic amide) rings is 1. The molecule has 1 unspecified atom stereocenters. The van der Waals surface area contributed by atoms with Crippen molar-refractivity contribution in [3.63, 3.8) is 0 Å². The van der Waals surface area contributed by atoms with E-state index in [-0.39, 0.29) is 23.1 Å². The van der Waals surface area contributed by atoms with E-state index in [0.717, 1.165) is 9.78 Å². The molecule has 3 heterocycles. The van der Waals surface area contributed by atoms with Crippen LogP contribution in [0.25, 0.3) is 0 Å². The number of thioether (sulfide) groups is 1. The second kappa shape index (κ2) is 5.94. The standard InChI is InChI=1S/C13H11ClN2O4S2/c14-7-5-22-12-9(11(18)16(12)10(7)13(19)20)15-8(17)4-6-2-1-3-21-6/h1-3,9,12H,4-5H2,(H,15,17)(H,19,20)/t9?,12-/m0/s1. The van der Waals surface area contributed by atoms with Gasteiger partial charge >= 0.3 is 5.97 Å². The zero-order valence-corrected chi connectivity index (χ0v) is 13.5. The Labute approximate surface area is 139 Å². The fourth-order valence-electron chi connectivity index (χ4n) is 2.38. The van der Waals surface area contributed by atoms with Crippen LogP contribution in [0.4, 0.5) is 0 Å². The molecule has 1 aromatic rings. The first-order chi connectivity index (χ1) is 10.5. The number of aliphatic carboxylic acids is 1. The molecule has 0 aliphatic carbocycles. The van der Waals surface area contributed by atoms with Crippen molar-refractivity contribution >= 4 is 52.5 Å². The number of halogens is 1. The fraction of sp³-hybridized carbons (Fsp3) is 0.308. The summed E-state index contributed by atoms with van der Waals surface area (Å²) < 4.78 is 0. The monoisotopic (exact) mass is 358 g/mol. The number of rotatable bonds is 4. The largest absolute Gasteiger partial charge is 0.477 e. The Morgan fingerprint density at radius 1 is 1.50 bits per heavy atom. The zero-order chi connectivity index (χ0) is 15.9. The molecular formula is C13H11ClN2O4S2. The van der Waals surface area contributed by atoms with Gasteiger partial charge in [0.1, 0.15) is 17.1 Å². The zero-order valence-electron chi connectivity index (χ0n) is 11.1. The maximum atomic E-state index is 12.1. The first kappa shape index (κ1) is 15.4. The number of nitrogens with one attached hydrogen (secondary N) is 1. The highest BCUT2D eigenvalue weighted by Gasteiger charge is 2.54. The van der Waals surface area contributed by atoms with E-state index in [9.17, 15) is 14.4 Å². The summed E-state index contributed by atoms with van der Waals surface area (Å²) in [6.45, 7) is 0. The predicted molar refractivity (Wildman–Crippen MR) is 83.6 cm³/mol. The topological polar surface area (TPSA) is 86.7 Å². The highest BCUT2D eigenvalue weighted by atomic mass is 35.5. The molecule has 1 fully saturated rings. The van der Waals surface area contributed by atoms with Crippen LogP contribution in [0.3, 0.4) is 0 Å². The van der Waals surface area contributed by atoms with Crippen LogP contribution in [0.5, 0.6) is 0 Å². The van der Waals surface area contributed by atoms with Gasteiger partial charge in [-0.3, -0.25) is 14.5 Å². The van der Waals surface area contributed by atoms with E-state index in [1.165, 1.54) is 23.1 Å². The maximum Gasteiger partial charge on any atom is 0.353 e. The molecule has 2 aliphatic rings. The number of thiophene rings is 1. The molecule has 116 valence electrons. The highest BCUT2D eigenvalue weighted by Crippen LogP contribution is 2.41. The third-order valence-electron chi connectivity index (χ3n) is 3.36. The molecule has 1 saturated heterocycles. The number of amides is 2. The molecule has 2 amide bonds. The summed E-state index contributed by atoms with van der Waals surface area (Å²) in [5, 5.41) is 13.4. The molecule has 3 rings (SSSR count). The Morgan fingerprint density at radius 2 is 2.27 bits per heavy atom. The van der Waals surface area contributed by atoms with Gasteiger partial charge in [0.25, 0.3) is 5.91 Å². The lowest BCUT2D eigenvalue weighted by molar-refractivity contribution is -0.150. The number of hydrogen-bond donors (Lipinski definition) is 2. The lowest BCUT2D eigenvalue weighted by Gasteiger charge is -2.48. The Morgan fingerprint density at radius 3 is 2.91 bits per heavy atom. The normalized spacial score (nSPS) is 23.9. The van der Waals surface area contributed by atoms with E-state index in [2.05, 4.69) is 5.32 Å². The number of carboxylic acid groups (broad SMARTS) is 1. The van der Waals surface area contributed by atoms with Crippen molar-refractivity contribution < 1.29 is 19.5 Å². The molecule has 2 atom stereocenters. The van der Waals surface area contributed by atoms with E-state index in [1.807, 2.05) is 17.5 Å². The first-order valence-corrected chi connectivity index (χ1v) is 8.68. The smallest absolute Gasteiger partial charge is 0.353 e. The summed E-state index contributed by atoms with van der Waals surface area (Å²) in [5.74, 6) is -1.60. The number of hydrogen-bond acceptors (Lipinski definition) is 5. The third-order valence-corrected chi connectivity index (χ3v) is 5.98. The van der Waals surface area contributed by atoms with Gasteiger partial charge in [-0.05, 0) is 11.4 Å². The number of carbonyl (C=O) groups is 3. The molecule has 1 aromatic heterocycles. The quantitative estimate of drug-likeness (QED) is 0.790. The molecule has 2 aliphatic heterocycles. The van der Waals surface area contributed by atoms with Crippen LogP contribution in [-0.2, 0) is 20.8 Å². The molecule has 0 bridgehead atoms. The lowest BCUT2D eigenvalue weighted by atomic mass is 10.0. The van der Waals surface area contributed by atoms with E-state index < -0.39 is 23.3 Å². The van der Waals surface area contributed by atoms with Gasteiger partial charge < -0.3 is 10.4 Å². The van der Waals surface area contributed by atoms with E-state index in [1.54, 1.807) is 0 Å². The molecule has 0 spiro atoms. The van der Waals surface area contributed by atoms with E-state index in [4.69, 9.17) is 16.7 Å². The molecule has 22 heavy (non-hydrogen) atoms. The van der Waals surface area contributed by atoms with Gasteiger partial charge in [0.2, 0.25) is 5.91 Å². The summed E-state index contributed by atoms with van der Waals surface area (Å²) >= 11 is 8.70. The second-order valence-electron chi connectivity index (χ2n) is 4.77. The summed E-state index contributed by atoms with van der Waals surface area (Å²) in [5.41, 5.74) is -0.181. The Bertz CT molecular complexity index is 674. The van der Waals surface area contributed by atoms with Gasteiger partial charge in [-0.15, -0.1) is 23.1 Å². The highest BCUT2D eigenvalue weighted by molar-refractivity contribution is 8.00. The molecule has 9 heteroatoms. The van der Waals surface area contributed by atoms with Gasteiger partial charge in [0.05, 0.1) is 11.5 Å². The maximum absolute atomic E-state index is 12.1. The van der Waals surface area contributed by atoms with Crippen LogP contribution >= 0.6 is 34.7 Å². The average Bonchev–Trinajstić information content (AvgIpc) is 2.97. The van der Waals surface area contributed by atoms with Crippen LogP contribution in [0.2, 0.25) is 0 Å². The minimum Gasteiger partial charge on any atom is -0.477 e. The minimum atomic E-state index is -1.23. The van der Waals surface area contributed by atoms with Gasteiger partial charge in [-0.2, -0.15) is 0 Å². The Kier molecular flexibility index (Phi) is 4.16. The van der Waals surface area contributed by atoms with Crippen molar-refractivity contribution in [2.24, 2.45) is 0 Å². The Balaban J connectivity index is 1.68. The molecule has 2 N–H and O–H groups in total. The number of fused-ring (bicyclic) bond motifs is 1. The van der Waals surface area contributed by atoms with Crippen molar-refractivity contribution in [1.29, 1.82) is 0 Å². The van der Waals surface area contributed by atoms with Crippen LogP contribution in [0.15, 0.2) is 28.2 Å². The van der Waals surface area contributed by atoms with Gasteiger partial charge in [0.15, 0.2) is 0 Å². The van der Waals surface area contributed by atoms with Crippen LogP contribution < -0.4 is 5.32 Å². The van der Waals surface area contributed by atoms with Crippen molar-refractivity contribution in [2.75, 3.05) is 5.75 Å². The van der Waals surface area contributed by atoms with Gasteiger partial charge in [0, 0.05) is 10.6 Å². The average molecular weight is 359 g/mol. The van der Waals surface area contributed by atoms with Crippen LogP contribution in [0.1, 0.15) is 4.88 Å². The van der Waals surface area contributed by atoms with Crippen molar-refractivity contribution in [2.45, 2.75) is 17.8 Å². The van der Waals surface area contributed by atoms with Crippen LogP contribution in [0, 0.1) is 0 Å². The number of carboxylic acids is 1. The Hall–Kier alpha value is -1.51. The minimum absolute atomic E-state index is 0.144. The SMILES string of the molecule is O=C(Cc1cccs1)NC1C(=O)N2C(C(=O)O)=C(Cl)CS[C@@H]12. The van der Waals surface area contributed by atoms with Gasteiger partial charge in [-0.1, -0.05) is 17.7 Å². The van der Waals surface area contributed by atoms with Gasteiger partial charge in [-0.25, -0.2) is 4.79 Å². The third kappa shape index (κ3) is 2.62. The molecular weight excluding hydrogens is 348 g/mol. The van der Waals surface area contributed by atoms with Crippen molar-refractivity contribution in [3.05, 3.63) is 33.1 Å². The second-order valence-corrected chi connectivity index (χ2v) is 7.36. The van der Waals surface area contributed by atoms with E-state index >= 15 is 0 Å². The van der Waals surface area contributed by atoms with Crippen molar-refractivity contribution in [3.8, 4) is 0 Å². The van der Waals surface area contributed by atoms with Crippen LogP contribution in [-0.4, -0.2) is 45.0 Å². The summed E-state index contributed by atoms with van der Waals surface area (Å²) in [6.07, 6.45) is 0.210. The predicted octanol–water partition coefficient (Wildman–Crippen LogP) is 1.23. The molecule has 0 aromatic carbocycles. The summed E-state index contributed by atoms with van der Waals surface area (Å²) in [7, 11) is 0. The number of nitrogens with zero attached hydrogens (tertiary/aromatic N) is 1. The number of carbonyl (C=O) groups excluding carboxylic acids is 2. The lowest BCUT2D eigenvalue weighted by Crippen LogP contribution is -2.70.